The van der Waals surface area contributed by atoms with E-state index in [0.29, 0.717) is 5.56 Å². The first-order valence-electron chi connectivity index (χ1n) is 4.30. The molecular formula is C11H10O4. The number of benzene rings is 1. The Labute approximate surface area is 86.5 Å². The standard InChI is InChI=1S/C11H10O4/c12-9(7-11(14)15)6-10(13)8-4-2-1-3-5-8/h1-6,13H,7H2,(H,14,15)/b10-6-. The molecule has 0 aliphatic carbocycles. The maximum absolute atomic E-state index is 11.0. The number of ketones is 1. The minimum Gasteiger partial charge on any atom is -0.507 e. The van der Waals surface area contributed by atoms with Crippen molar-refractivity contribution in [3.05, 3.63) is 42.0 Å². The molecule has 0 aromatic heterocycles. The lowest BCUT2D eigenvalue weighted by Gasteiger charge is -1.98. The van der Waals surface area contributed by atoms with Crippen molar-refractivity contribution >= 4 is 17.5 Å². The smallest absolute Gasteiger partial charge is 0.311 e. The molecule has 0 amide bonds. The van der Waals surface area contributed by atoms with E-state index < -0.39 is 18.2 Å². The molecule has 0 saturated carbocycles. The monoisotopic (exact) mass is 206 g/mol. The quantitative estimate of drug-likeness (QED) is 0.446. The summed E-state index contributed by atoms with van der Waals surface area (Å²) in [6, 6.07) is 8.44. The molecule has 0 radical (unpaired) electrons. The van der Waals surface area contributed by atoms with Crippen LogP contribution in [-0.2, 0) is 9.59 Å². The molecule has 0 spiro atoms. The third kappa shape index (κ3) is 3.64. The van der Waals surface area contributed by atoms with Gasteiger partial charge >= 0.3 is 5.97 Å². The summed E-state index contributed by atoms with van der Waals surface area (Å²) < 4.78 is 0. The van der Waals surface area contributed by atoms with E-state index in [1.165, 1.54) is 0 Å². The van der Waals surface area contributed by atoms with Crippen molar-refractivity contribution < 1.29 is 19.8 Å². The van der Waals surface area contributed by atoms with Gasteiger partial charge in [-0.3, -0.25) is 9.59 Å². The average molecular weight is 206 g/mol. The van der Waals surface area contributed by atoms with Crippen molar-refractivity contribution in [1.29, 1.82) is 0 Å². The second kappa shape index (κ2) is 4.95. The second-order valence-corrected chi connectivity index (χ2v) is 2.93. The van der Waals surface area contributed by atoms with Crippen LogP contribution in [0.2, 0.25) is 0 Å². The third-order valence-electron chi connectivity index (χ3n) is 1.69. The first kappa shape index (κ1) is 11.0. The van der Waals surface area contributed by atoms with Crippen LogP contribution in [0.3, 0.4) is 0 Å². The maximum atomic E-state index is 11.0. The van der Waals surface area contributed by atoms with Gasteiger partial charge in [-0.1, -0.05) is 30.3 Å². The topological polar surface area (TPSA) is 74.6 Å². The van der Waals surface area contributed by atoms with Crippen molar-refractivity contribution in [2.75, 3.05) is 0 Å². The zero-order chi connectivity index (χ0) is 11.3. The predicted octanol–water partition coefficient (Wildman–Crippen LogP) is 1.63. The van der Waals surface area contributed by atoms with Gasteiger partial charge in [0, 0.05) is 11.6 Å². The first-order chi connectivity index (χ1) is 7.09. The number of aliphatic hydroxyl groups excluding tert-OH is 1. The highest BCUT2D eigenvalue weighted by molar-refractivity contribution is 6.04. The predicted molar refractivity (Wildman–Crippen MR) is 54.3 cm³/mol. The van der Waals surface area contributed by atoms with E-state index in [4.69, 9.17) is 5.11 Å². The fourth-order valence-electron chi connectivity index (χ4n) is 1.04. The maximum Gasteiger partial charge on any atom is 0.311 e. The number of aliphatic hydroxyl groups is 1. The zero-order valence-electron chi connectivity index (χ0n) is 7.88. The molecule has 0 fully saturated rings. The Morgan fingerprint density at radius 2 is 1.73 bits per heavy atom. The number of carbonyl (C=O) groups is 2. The van der Waals surface area contributed by atoms with Gasteiger partial charge in [0.1, 0.15) is 12.2 Å². The fraction of sp³-hybridized carbons (Fsp3) is 0.0909. The number of hydrogen-bond donors (Lipinski definition) is 2. The molecule has 0 bridgehead atoms. The first-order valence-corrected chi connectivity index (χ1v) is 4.30. The molecule has 2 N–H and O–H groups in total. The van der Waals surface area contributed by atoms with Gasteiger partial charge < -0.3 is 10.2 Å². The van der Waals surface area contributed by atoms with E-state index in [1.54, 1.807) is 30.3 Å². The number of carboxylic acids is 1. The Hall–Kier alpha value is -2.10. The molecule has 15 heavy (non-hydrogen) atoms. The van der Waals surface area contributed by atoms with Crippen LogP contribution in [0.5, 0.6) is 0 Å². The summed E-state index contributed by atoms with van der Waals surface area (Å²) in [5, 5.41) is 17.8. The number of carboxylic acid groups (broad SMARTS) is 1. The highest BCUT2D eigenvalue weighted by Crippen LogP contribution is 2.10. The van der Waals surface area contributed by atoms with Crippen molar-refractivity contribution in [2.24, 2.45) is 0 Å². The molecule has 0 aliphatic rings. The van der Waals surface area contributed by atoms with Crippen molar-refractivity contribution in [1.82, 2.24) is 0 Å². The Morgan fingerprint density at radius 3 is 2.27 bits per heavy atom. The molecule has 0 aliphatic heterocycles. The van der Waals surface area contributed by atoms with Crippen LogP contribution in [0, 0.1) is 0 Å². The lowest BCUT2D eigenvalue weighted by molar-refractivity contribution is -0.139. The van der Waals surface area contributed by atoms with Gasteiger partial charge in [-0.25, -0.2) is 0 Å². The summed E-state index contributed by atoms with van der Waals surface area (Å²) >= 11 is 0. The normalized spacial score (nSPS) is 11.1. The minimum atomic E-state index is -1.21. The van der Waals surface area contributed by atoms with Crippen molar-refractivity contribution in [3.63, 3.8) is 0 Å². The van der Waals surface area contributed by atoms with Crippen molar-refractivity contribution in [3.8, 4) is 0 Å². The molecule has 1 rings (SSSR count). The summed E-state index contributed by atoms with van der Waals surface area (Å²) in [7, 11) is 0. The number of hydrogen-bond acceptors (Lipinski definition) is 3. The minimum absolute atomic E-state index is 0.221. The lowest BCUT2D eigenvalue weighted by atomic mass is 10.1. The molecule has 0 saturated heterocycles. The molecule has 0 atom stereocenters. The van der Waals surface area contributed by atoms with Crippen LogP contribution in [0.25, 0.3) is 5.76 Å². The molecular weight excluding hydrogens is 196 g/mol. The molecule has 1 aromatic carbocycles. The van der Waals surface area contributed by atoms with Crippen LogP contribution < -0.4 is 0 Å². The SMILES string of the molecule is O=C(O)CC(=O)/C=C(\O)c1ccccc1. The number of carbonyl (C=O) groups excluding carboxylic acids is 1. The summed E-state index contributed by atoms with van der Waals surface area (Å²) in [5.41, 5.74) is 0.483. The summed E-state index contributed by atoms with van der Waals surface area (Å²) in [6.07, 6.45) is 0.306. The van der Waals surface area contributed by atoms with E-state index in [2.05, 4.69) is 0 Å². The fourth-order valence-corrected chi connectivity index (χ4v) is 1.04. The van der Waals surface area contributed by atoms with Gasteiger partial charge in [0.15, 0.2) is 5.78 Å². The van der Waals surface area contributed by atoms with Gasteiger partial charge in [0.05, 0.1) is 0 Å². The van der Waals surface area contributed by atoms with Crippen LogP contribution in [0.1, 0.15) is 12.0 Å². The van der Waals surface area contributed by atoms with Gasteiger partial charge in [0.25, 0.3) is 0 Å². The number of rotatable bonds is 4. The van der Waals surface area contributed by atoms with E-state index in [1.807, 2.05) is 0 Å². The lowest BCUT2D eigenvalue weighted by Crippen LogP contribution is -2.04. The molecule has 78 valence electrons. The largest absolute Gasteiger partial charge is 0.507 e. The second-order valence-electron chi connectivity index (χ2n) is 2.93. The van der Waals surface area contributed by atoms with E-state index >= 15 is 0 Å². The van der Waals surface area contributed by atoms with Crippen LogP contribution in [0.15, 0.2) is 36.4 Å². The summed E-state index contributed by atoms with van der Waals surface area (Å²) in [6.45, 7) is 0. The molecule has 4 heteroatoms. The van der Waals surface area contributed by atoms with Crippen LogP contribution in [-0.4, -0.2) is 22.0 Å². The highest BCUT2D eigenvalue weighted by Gasteiger charge is 2.07. The molecule has 0 heterocycles. The van der Waals surface area contributed by atoms with Gasteiger partial charge in [-0.2, -0.15) is 0 Å². The summed E-state index contributed by atoms with van der Waals surface area (Å²) in [5.74, 6) is -2.07. The molecule has 0 unspecified atom stereocenters. The number of aliphatic carboxylic acids is 1. The third-order valence-corrected chi connectivity index (χ3v) is 1.69. The Kier molecular flexibility index (Phi) is 3.62. The van der Waals surface area contributed by atoms with Gasteiger partial charge in [-0.15, -0.1) is 0 Å². The Morgan fingerprint density at radius 1 is 1.13 bits per heavy atom. The van der Waals surface area contributed by atoms with Crippen molar-refractivity contribution in [2.45, 2.75) is 6.42 Å². The zero-order valence-corrected chi connectivity index (χ0v) is 7.88. The highest BCUT2D eigenvalue weighted by atomic mass is 16.4. The van der Waals surface area contributed by atoms with E-state index in [9.17, 15) is 14.7 Å². The number of allylic oxidation sites excluding steroid dienone is 1. The van der Waals surface area contributed by atoms with E-state index in [-0.39, 0.29) is 5.76 Å². The van der Waals surface area contributed by atoms with Gasteiger partial charge in [-0.05, 0) is 0 Å². The Bertz CT molecular complexity index is 392. The van der Waals surface area contributed by atoms with Gasteiger partial charge in [0.2, 0.25) is 0 Å². The Balaban J connectivity index is 2.76. The van der Waals surface area contributed by atoms with Crippen LogP contribution >= 0.6 is 0 Å². The average Bonchev–Trinajstić information content (AvgIpc) is 2.17. The van der Waals surface area contributed by atoms with Crippen LogP contribution in [0.4, 0.5) is 0 Å². The molecule has 4 nitrogen and oxygen atoms in total. The molecule has 1 aromatic rings. The van der Waals surface area contributed by atoms with E-state index in [0.717, 1.165) is 6.08 Å². The summed E-state index contributed by atoms with van der Waals surface area (Å²) in [4.78, 5) is 21.2.